The lowest BCUT2D eigenvalue weighted by molar-refractivity contribution is -0.176. The summed E-state index contributed by atoms with van der Waals surface area (Å²) in [6, 6.07) is -0.218. The van der Waals surface area contributed by atoms with Crippen molar-refractivity contribution in [3.63, 3.8) is 0 Å². The zero-order valence-corrected chi connectivity index (χ0v) is 23.7. The topological polar surface area (TPSA) is 163 Å². The molecule has 4 rings (SSSR count). The highest BCUT2D eigenvalue weighted by molar-refractivity contribution is 8.00. The fourth-order valence-electron chi connectivity index (χ4n) is 5.34. The van der Waals surface area contributed by atoms with Crippen LogP contribution in [0.4, 0.5) is 4.79 Å². The molecule has 4 amide bonds. The maximum Gasteiger partial charge on any atom is 0.328 e. The fraction of sp³-hybridized carbons (Fsp3) is 0.846. The smallest absolute Gasteiger partial charge is 0.328 e. The van der Waals surface area contributed by atoms with Gasteiger partial charge in [0.25, 0.3) is 0 Å². The third-order valence-electron chi connectivity index (χ3n) is 7.38. The molecule has 0 aromatic carbocycles. The summed E-state index contributed by atoms with van der Waals surface area (Å²) in [5.74, 6) is -0.724. The lowest BCUT2D eigenvalue weighted by atomic mass is 10.0. The van der Waals surface area contributed by atoms with Crippen molar-refractivity contribution in [1.82, 2.24) is 21.3 Å². The van der Waals surface area contributed by atoms with Crippen LogP contribution in [0.25, 0.3) is 0 Å². The van der Waals surface area contributed by atoms with E-state index in [4.69, 9.17) is 23.7 Å². The van der Waals surface area contributed by atoms with Crippen LogP contribution < -0.4 is 21.3 Å². The Morgan fingerprint density at radius 1 is 0.975 bits per heavy atom. The molecule has 4 saturated heterocycles. The summed E-state index contributed by atoms with van der Waals surface area (Å²) in [5.41, 5.74) is 0. The lowest BCUT2D eigenvalue weighted by Gasteiger charge is -2.27. The highest BCUT2D eigenvalue weighted by Gasteiger charge is 2.42. The van der Waals surface area contributed by atoms with Gasteiger partial charge in [-0.2, -0.15) is 11.8 Å². The molecule has 0 spiro atoms. The van der Waals surface area contributed by atoms with Crippen LogP contribution in [0.5, 0.6) is 0 Å². The maximum atomic E-state index is 12.4. The van der Waals surface area contributed by atoms with Crippen LogP contribution >= 0.6 is 11.8 Å². The minimum atomic E-state index is -0.992. The molecule has 4 aliphatic heterocycles. The molecule has 14 heteroatoms. The molecule has 13 nitrogen and oxygen atoms in total. The van der Waals surface area contributed by atoms with Gasteiger partial charge >= 0.3 is 12.0 Å². The minimum Gasteiger partial charge on any atom is -0.464 e. The largest absolute Gasteiger partial charge is 0.464 e. The van der Waals surface area contributed by atoms with E-state index in [1.807, 2.05) is 11.8 Å². The second-order valence-electron chi connectivity index (χ2n) is 10.4. The SMILES string of the molecule is O=C(CCCC[C@@H]1SC[C@@H]2NC(=O)N[C@@H]21)NCCOCCOCCCC1(CC(=O)N[C@H]2CCOC2=O)OCCO1. The van der Waals surface area contributed by atoms with E-state index in [9.17, 15) is 19.2 Å². The van der Waals surface area contributed by atoms with Gasteiger partial charge in [0.15, 0.2) is 5.79 Å². The number of fused-ring (bicyclic) bond motifs is 1. The predicted molar refractivity (Wildman–Crippen MR) is 145 cm³/mol. The van der Waals surface area contributed by atoms with E-state index in [1.54, 1.807) is 0 Å². The summed E-state index contributed by atoms with van der Waals surface area (Å²) in [6.07, 6.45) is 4.90. The van der Waals surface area contributed by atoms with Gasteiger partial charge in [0.05, 0.1) is 58.1 Å². The number of carbonyl (C=O) groups excluding carboxylic acids is 4. The normalized spacial score (nSPS) is 26.7. The molecule has 0 unspecified atom stereocenters. The number of carbonyl (C=O) groups is 4. The van der Waals surface area contributed by atoms with Gasteiger partial charge in [-0.1, -0.05) is 6.42 Å². The van der Waals surface area contributed by atoms with Crippen molar-refractivity contribution in [3.05, 3.63) is 0 Å². The Bertz CT molecular complexity index is 873. The summed E-state index contributed by atoms with van der Waals surface area (Å²) >= 11 is 1.89. The van der Waals surface area contributed by atoms with Crippen molar-refractivity contribution in [2.75, 3.05) is 58.5 Å². The van der Waals surface area contributed by atoms with Gasteiger partial charge in [-0.15, -0.1) is 0 Å². The third-order valence-corrected chi connectivity index (χ3v) is 8.89. The number of esters is 1. The van der Waals surface area contributed by atoms with E-state index >= 15 is 0 Å². The average Bonchev–Trinajstić information content (AvgIpc) is 3.71. The van der Waals surface area contributed by atoms with Crippen molar-refractivity contribution < 1.29 is 42.9 Å². The van der Waals surface area contributed by atoms with Crippen LogP contribution in [0.15, 0.2) is 0 Å². The predicted octanol–water partition coefficient (Wildman–Crippen LogP) is 0.207. The molecule has 4 atom stereocenters. The Balaban J connectivity index is 0.947. The Morgan fingerprint density at radius 3 is 2.55 bits per heavy atom. The Labute approximate surface area is 238 Å². The molecule has 0 saturated carbocycles. The maximum absolute atomic E-state index is 12.4. The second kappa shape index (κ2) is 15.8. The summed E-state index contributed by atoms with van der Waals surface area (Å²) in [5, 5.41) is 11.9. The number of ether oxygens (including phenoxy) is 5. The Kier molecular flexibility index (Phi) is 12.1. The molecular formula is C26H42N4O9S. The number of cyclic esters (lactones) is 1. The van der Waals surface area contributed by atoms with E-state index in [2.05, 4.69) is 21.3 Å². The molecule has 0 aliphatic carbocycles. The van der Waals surface area contributed by atoms with E-state index in [1.165, 1.54) is 0 Å². The first-order valence-electron chi connectivity index (χ1n) is 14.3. The first-order chi connectivity index (χ1) is 19.4. The lowest BCUT2D eigenvalue weighted by Crippen LogP contribution is -2.43. The first-order valence-corrected chi connectivity index (χ1v) is 15.3. The van der Waals surface area contributed by atoms with Crippen LogP contribution in [0, 0.1) is 0 Å². The summed E-state index contributed by atoms with van der Waals surface area (Å²) in [4.78, 5) is 47.5. The number of thioether (sulfide) groups is 1. The van der Waals surface area contributed by atoms with Crippen molar-refractivity contribution in [2.24, 2.45) is 0 Å². The van der Waals surface area contributed by atoms with Gasteiger partial charge in [0.1, 0.15) is 6.04 Å². The highest BCUT2D eigenvalue weighted by Crippen LogP contribution is 2.33. The number of hydrogen-bond donors (Lipinski definition) is 4. The average molecular weight is 587 g/mol. The van der Waals surface area contributed by atoms with E-state index in [-0.39, 0.29) is 36.3 Å². The fourth-order valence-corrected chi connectivity index (χ4v) is 6.88. The molecule has 4 fully saturated rings. The molecule has 4 heterocycles. The molecule has 4 aliphatic rings. The monoisotopic (exact) mass is 586 g/mol. The zero-order chi connectivity index (χ0) is 28.2. The molecule has 0 radical (unpaired) electrons. The molecule has 40 heavy (non-hydrogen) atoms. The van der Waals surface area contributed by atoms with Crippen molar-refractivity contribution in [1.29, 1.82) is 0 Å². The van der Waals surface area contributed by atoms with Gasteiger partial charge in [0.2, 0.25) is 11.8 Å². The molecule has 0 aromatic rings. The van der Waals surface area contributed by atoms with Crippen LogP contribution in [-0.2, 0) is 38.1 Å². The number of rotatable bonds is 18. The van der Waals surface area contributed by atoms with E-state index in [0.717, 1.165) is 25.0 Å². The first kappa shape index (κ1) is 30.8. The van der Waals surface area contributed by atoms with Crippen LogP contribution in [-0.4, -0.2) is 112 Å². The second-order valence-corrected chi connectivity index (χ2v) is 11.7. The molecule has 4 N–H and O–H groups in total. The standard InChI is InChI=1S/C26H42N4O9S/c31-21(5-2-1-4-20-23-19(17-40-20)29-25(34)30-23)27-8-11-36-13-12-35-9-3-7-26(38-14-15-39-26)16-22(32)28-18-6-10-37-24(18)33/h18-20,23H,1-17H2,(H,27,31)(H,28,32)(H2,29,30,34)/t18-,19-,20-,23-/m0/s1. The highest BCUT2D eigenvalue weighted by atomic mass is 32.2. The Hall–Kier alpha value is -2.13. The summed E-state index contributed by atoms with van der Waals surface area (Å²) in [7, 11) is 0. The Morgan fingerprint density at radius 2 is 1.77 bits per heavy atom. The number of amides is 4. The van der Waals surface area contributed by atoms with Crippen molar-refractivity contribution in [2.45, 2.75) is 80.5 Å². The summed E-state index contributed by atoms with van der Waals surface area (Å²) in [6.45, 7) is 3.33. The van der Waals surface area contributed by atoms with Gasteiger partial charge in [-0.3, -0.25) is 9.59 Å². The zero-order valence-electron chi connectivity index (χ0n) is 22.9. The van der Waals surface area contributed by atoms with Crippen molar-refractivity contribution >= 4 is 35.6 Å². The van der Waals surface area contributed by atoms with E-state index < -0.39 is 17.8 Å². The van der Waals surface area contributed by atoms with Crippen molar-refractivity contribution in [3.8, 4) is 0 Å². The quantitative estimate of drug-likeness (QED) is 0.0992. The minimum absolute atomic E-state index is 0.0173. The van der Waals surface area contributed by atoms with Crippen LogP contribution in [0.2, 0.25) is 0 Å². The molecule has 0 aromatic heterocycles. The molecule has 226 valence electrons. The molecular weight excluding hydrogens is 544 g/mol. The van der Waals surface area contributed by atoms with E-state index in [0.29, 0.717) is 83.7 Å². The van der Waals surface area contributed by atoms with Crippen LogP contribution in [0.1, 0.15) is 51.4 Å². The summed E-state index contributed by atoms with van der Waals surface area (Å²) < 4.78 is 27.5. The number of unbranched alkanes of at least 4 members (excludes halogenated alkanes) is 1. The van der Waals surface area contributed by atoms with Gasteiger partial charge < -0.3 is 45.0 Å². The number of hydrogen-bond acceptors (Lipinski definition) is 10. The number of urea groups is 1. The molecule has 0 bridgehead atoms. The van der Waals surface area contributed by atoms with Crippen LogP contribution in [0.3, 0.4) is 0 Å². The van der Waals surface area contributed by atoms with Gasteiger partial charge in [-0.25, -0.2) is 9.59 Å². The third kappa shape index (κ3) is 9.47. The van der Waals surface area contributed by atoms with Gasteiger partial charge in [-0.05, 0) is 19.3 Å². The number of nitrogens with one attached hydrogen (secondary N) is 4. The van der Waals surface area contributed by atoms with Gasteiger partial charge in [0, 0.05) is 43.4 Å².